The minimum absolute atomic E-state index is 0.0518. The van der Waals surface area contributed by atoms with Crippen molar-refractivity contribution in [2.75, 3.05) is 6.54 Å². The van der Waals surface area contributed by atoms with E-state index in [0.29, 0.717) is 10.6 Å². The summed E-state index contributed by atoms with van der Waals surface area (Å²) in [4.78, 5) is 24.0. The van der Waals surface area contributed by atoms with Crippen molar-refractivity contribution in [1.82, 2.24) is 10.6 Å². The lowest BCUT2D eigenvalue weighted by Crippen LogP contribution is -2.49. The monoisotopic (exact) mass is 292 g/mol. The Hall–Kier alpha value is -1.99. The molecule has 4 nitrogen and oxygen atoms in total. The Balaban J connectivity index is 2.75. The third-order valence-corrected chi connectivity index (χ3v) is 2.96. The molecule has 1 aromatic carbocycles. The zero-order valence-corrected chi connectivity index (χ0v) is 12.2. The summed E-state index contributed by atoms with van der Waals surface area (Å²) < 4.78 is 0. The summed E-state index contributed by atoms with van der Waals surface area (Å²) in [5.41, 5.74) is 0.449. The van der Waals surface area contributed by atoms with Gasteiger partial charge in [0.15, 0.2) is 0 Å². The zero-order valence-electron chi connectivity index (χ0n) is 11.4. The van der Waals surface area contributed by atoms with E-state index >= 15 is 0 Å². The number of nitrogens with one attached hydrogen (secondary N) is 2. The first-order valence-corrected chi connectivity index (χ1v) is 6.61. The molecule has 106 valence electrons. The lowest BCUT2D eigenvalue weighted by molar-refractivity contribution is -0.123. The molecular formula is C15H17ClN2O2. The van der Waals surface area contributed by atoms with Gasteiger partial charge in [-0.3, -0.25) is 9.59 Å². The van der Waals surface area contributed by atoms with Gasteiger partial charge in [0, 0.05) is 10.6 Å². The highest BCUT2D eigenvalue weighted by molar-refractivity contribution is 6.30. The van der Waals surface area contributed by atoms with Gasteiger partial charge in [-0.05, 0) is 30.2 Å². The van der Waals surface area contributed by atoms with Gasteiger partial charge in [0.05, 0.1) is 6.54 Å². The topological polar surface area (TPSA) is 58.2 Å². The van der Waals surface area contributed by atoms with Crippen LogP contribution in [0.3, 0.4) is 0 Å². The molecule has 1 unspecified atom stereocenters. The van der Waals surface area contributed by atoms with Crippen LogP contribution >= 0.6 is 11.6 Å². The molecule has 0 bridgehead atoms. The molecule has 0 saturated carbocycles. The van der Waals surface area contributed by atoms with Gasteiger partial charge in [-0.25, -0.2) is 0 Å². The number of hydrogen-bond donors (Lipinski definition) is 2. The minimum atomic E-state index is -0.633. The van der Waals surface area contributed by atoms with Crippen LogP contribution in [0.15, 0.2) is 24.3 Å². The molecule has 0 aliphatic rings. The van der Waals surface area contributed by atoms with E-state index in [1.54, 1.807) is 24.3 Å². The molecule has 1 aromatic rings. The van der Waals surface area contributed by atoms with Gasteiger partial charge in [0.25, 0.3) is 5.91 Å². The number of halogens is 1. The van der Waals surface area contributed by atoms with Crippen LogP contribution in [-0.4, -0.2) is 24.4 Å². The van der Waals surface area contributed by atoms with Crippen LogP contribution in [0.25, 0.3) is 0 Å². The highest BCUT2D eigenvalue weighted by Crippen LogP contribution is 2.10. The highest BCUT2D eigenvalue weighted by Gasteiger charge is 2.24. The van der Waals surface area contributed by atoms with E-state index in [4.69, 9.17) is 18.0 Å². The van der Waals surface area contributed by atoms with Crippen molar-refractivity contribution < 1.29 is 9.59 Å². The van der Waals surface area contributed by atoms with Crippen molar-refractivity contribution in [1.29, 1.82) is 0 Å². The molecule has 20 heavy (non-hydrogen) atoms. The molecule has 2 N–H and O–H groups in total. The molecule has 1 rings (SSSR count). The molecule has 0 heterocycles. The number of amides is 2. The van der Waals surface area contributed by atoms with Crippen LogP contribution < -0.4 is 10.6 Å². The summed E-state index contributed by atoms with van der Waals surface area (Å²) in [6, 6.07) is 5.83. The Kier molecular flexibility index (Phi) is 6.08. The van der Waals surface area contributed by atoms with Crippen LogP contribution in [0.2, 0.25) is 5.02 Å². The third kappa shape index (κ3) is 4.60. The fraction of sp³-hybridized carbons (Fsp3) is 0.333. The fourth-order valence-corrected chi connectivity index (χ4v) is 1.73. The third-order valence-electron chi connectivity index (χ3n) is 2.71. The maximum Gasteiger partial charge on any atom is 0.251 e. The Morgan fingerprint density at radius 1 is 1.30 bits per heavy atom. The van der Waals surface area contributed by atoms with Crippen molar-refractivity contribution in [2.24, 2.45) is 5.92 Å². The van der Waals surface area contributed by atoms with Crippen LogP contribution in [0.5, 0.6) is 0 Å². The van der Waals surface area contributed by atoms with E-state index in [1.165, 1.54) is 0 Å². The molecule has 0 fully saturated rings. The second-order valence-corrected chi connectivity index (χ2v) is 5.06. The SMILES string of the molecule is C#CCNC(=O)C(NC(=O)c1ccc(Cl)cc1)C(C)C. The first-order valence-electron chi connectivity index (χ1n) is 6.23. The van der Waals surface area contributed by atoms with Crippen molar-refractivity contribution in [3.63, 3.8) is 0 Å². The summed E-state index contributed by atoms with van der Waals surface area (Å²) in [6.45, 7) is 3.84. The standard InChI is InChI=1S/C15H17ClN2O2/c1-4-9-17-15(20)13(10(2)3)18-14(19)11-5-7-12(16)8-6-11/h1,5-8,10,13H,9H2,2-3H3,(H,17,20)(H,18,19). The number of carbonyl (C=O) groups excluding carboxylic acids is 2. The molecule has 0 aliphatic heterocycles. The predicted octanol–water partition coefficient (Wildman–Crippen LogP) is 1.84. The highest BCUT2D eigenvalue weighted by atomic mass is 35.5. The molecule has 0 spiro atoms. The molecule has 0 aromatic heterocycles. The largest absolute Gasteiger partial charge is 0.343 e. The summed E-state index contributed by atoms with van der Waals surface area (Å²) in [7, 11) is 0. The number of carbonyl (C=O) groups is 2. The van der Waals surface area contributed by atoms with Crippen molar-refractivity contribution >= 4 is 23.4 Å². The fourth-order valence-electron chi connectivity index (χ4n) is 1.61. The van der Waals surface area contributed by atoms with Crippen molar-refractivity contribution in [3.05, 3.63) is 34.9 Å². The van der Waals surface area contributed by atoms with Gasteiger partial charge >= 0.3 is 0 Å². The van der Waals surface area contributed by atoms with Crippen LogP contribution in [0.1, 0.15) is 24.2 Å². The number of benzene rings is 1. The average molecular weight is 293 g/mol. The summed E-state index contributed by atoms with van der Waals surface area (Å²) in [5, 5.41) is 5.82. The second kappa shape index (κ2) is 7.56. The summed E-state index contributed by atoms with van der Waals surface area (Å²) in [5.74, 6) is 1.66. The van der Waals surface area contributed by atoms with E-state index in [-0.39, 0.29) is 24.3 Å². The lowest BCUT2D eigenvalue weighted by Gasteiger charge is -2.21. The molecule has 0 aliphatic carbocycles. The van der Waals surface area contributed by atoms with E-state index in [9.17, 15) is 9.59 Å². The van der Waals surface area contributed by atoms with E-state index in [2.05, 4.69) is 16.6 Å². The maximum absolute atomic E-state index is 12.1. The molecule has 2 amide bonds. The smallest absolute Gasteiger partial charge is 0.251 e. The first kappa shape index (κ1) is 16.1. The van der Waals surface area contributed by atoms with Crippen LogP contribution in [0.4, 0.5) is 0 Å². The molecule has 1 atom stereocenters. The van der Waals surface area contributed by atoms with Gasteiger partial charge in [-0.2, -0.15) is 0 Å². The number of rotatable bonds is 5. The molecule has 0 saturated heterocycles. The summed E-state index contributed by atoms with van der Waals surface area (Å²) >= 11 is 5.77. The van der Waals surface area contributed by atoms with E-state index in [1.807, 2.05) is 13.8 Å². The molecule has 5 heteroatoms. The first-order chi connectivity index (χ1) is 9.45. The van der Waals surface area contributed by atoms with Crippen LogP contribution in [-0.2, 0) is 4.79 Å². The molecule has 0 radical (unpaired) electrons. The van der Waals surface area contributed by atoms with Gasteiger partial charge in [0.2, 0.25) is 5.91 Å². The van der Waals surface area contributed by atoms with E-state index < -0.39 is 6.04 Å². The Bertz CT molecular complexity index is 518. The maximum atomic E-state index is 12.1. The van der Waals surface area contributed by atoms with Gasteiger partial charge in [-0.1, -0.05) is 31.4 Å². The second-order valence-electron chi connectivity index (χ2n) is 4.62. The van der Waals surface area contributed by atoms with Crippen molar-refractivity contribution in [3.8, 4) is 12.3 Å². The Morgan fingerprint density at radius 2 is 1.90 bits per heavy atom. The molecular weight excluding hydrogens is 276 g/mol. The quantitative estimate of drug-likeness (QED) is 0.814. The lowest BCUT2D eigenvalue weighted by atomic mass is 10.0. The van der Waals surface area contributed by atoms with Gasteiger partial charge in [0.1, 0.15) is 6.04 Å². The zero-order chi connectivity index (χ0) is 15.1. The number of terminal acetylenes is 1. The average Bonchev–Trinajstić information content (AvgIpc) is 2.42. The van der Waals surface area contributed by atoms with Gasteiger partial charge < -0.3 is 10.6 Å². The predicted molar refractivity (Wildman–Crippen MR) is 79.4 cm³/mol. The van der Waals surface area contributed by atoms with Crippen molar-refractivity contribution in [2.45, 2.75) is 19.9 Å². The number of hydrogen-bond acceptors (Lipinski definition) is 2. The van der Waals surface area contributed by atoms with Gasteiger partial charge in [-0.15, -0.1) is 6.42 Å². The minimum Gasteiger partial charge on any atom is -0.343 e. The normalized spacial score (nSPS) is 11.6. The summed E-state index contributed by atoms with van der Waals surface area (Å²) in [6.07, 6.45) is 5.09. The van der Waals surface area contributed by atoms with Crippen LogP contribution in [0, 0.1) is 18.3 Å². The Morgan fingerprint density at radius 3 is 2.40 bits per heavy atom. The van der Waals surface area contributed by atoms with E-state index in [0.717, 1.165) is 0 Å². The Labute approximate surface area is 123 Å².